The van der Waals surface area contributed by atoms with Crippen molar-refractivity contribution >= 4 is 23.0 Å². The van der Waals surface area contributed by atoms with Crippen molar-refractivity contribution in [2.24, 2.45) is 0 Å². The summed E-state index contributed by atoms with van der Waals surface area (Å²) in [4.78, 5) is 0. The summed E-state index contributed by atoms with van der Waals surface area (Å²) >= 11 is 5.14. The molecular weight excluding hydrogens is 271 g/mol. The van der Waals surface area contributed by atoms with Crippen molar-refractivity contribution in [3.05, 3.63) is 66.0 Å². The van der Waals surface area contributed by atoms with Crippen LogP contribution in [0.1, 0.15) is 12.0 Å². The molecule has 0 aliphatic heterocycles. The molecule has 2 rings (SSSR count). The van der Waals surface area contributed by atoms with Crippen molar-refractivity contribution in [2.75, 3.05) is 11.9 Å². The van der Waals surface area contributed by atoms with Crippen molar-refractivity contribution in [3.8, 4) is 0 Å². The number of anilines is 1. The van der Waals surface area contributed by atoms with Gasteiger partial charge in [0, 0.05) is 6.54 Å². The molecule has 0 spiro atoms. The third-order valence-electron chi connectivity index (χ3n) is 2.89. The van der Waals surface area contributed by atoms with Crippen LogP contribution in [0.15, 0.2) is 54.6 Å². The van der Waals surface area contributed by atoms with E-state index in [2.05, 4.69) is 22.8 Å². The number of thiocarbonyl (C=S) groups is 1. The van der Waals surface area contributed by atoms with Gasteiger partial charge in [0.25, 0.3) is 0 Å². The fourth-order valence-corrected chi connectivity index (χ4v) is 2.08. The van der Waals surface area contributed by atoms with Gasteiger partial charge < -0.3 is 10.6 Å². The maximum absolute atomic E-state index is 13.4. The second-order valence-corrected chi connectivity index (χ2v) is 4.86. The summed E-state index contributed by atoms with van der Waals surface area (Å²) in [6.45, 7) is 0.759. The Morgan fingerprint density at radius 3 is 2.45 bits per heavy atom. The zero-order valence-electron chi connectivity index (χ0n) is 11.1. The summed E-state index contributed by atoms with van der Waals surface area (Å²) < 4.78 is 13.4. The van der Waals surface area contributed by atoms with Crippen LogP contribution in [0, 0.1) is 5.82 Å². The summed E-state index contributed by atoms with van der Waals surface area (Å²) in [5, 5.41) is 6.38. The van der Waals surface area contributed by atoms with Crippen molar-refractivity contribution in [3.63, 3.8) is 0 Å². The Labute approximate surface area is 124 Å². The normalized spacial score (nSPS) is 10.1. The Hall–Kier alpha value is -1.94. The number of aryl methyl sites for hydroxylation is 1. The molecule has 0 bridgehead atoms. The molecule has 4 heteroatoms. The molecule has 0 atom stereocenters. The lowest BCUT2D eigenvalue weighted by molar-refractivity contribution is 0.632. The van der Waals surface area contributed by atoms with Crippen molar-refractivity contribution in [2.45, 2.75) is 12.8 Å². The van der Waals surface area contributed by atoms with E-state index in [4.69, 9.17) is 12.2 Å². The second kappa shape index (κ2) is 7.60. The minimum atomic E-state index is -0.305. The summed E-state index contributed by atoms with van der Waals surface area (Å²) in [5.74, 6) is -0.305. The summed E-state index contributed by atoms with van der Waals surface area (Å²) in [5.41, 5.74) is 1.70. The fraction of sp³-hybridized carbons (Fsp3) is 0.188. The van der Waals surface area contributed by atoms with Crippen LogP contribution in [0.4, 0.5) is 10.1 Å². The zero-order chi connectivity index (χ0) is 14.2. The largest absolute Gasteiger partial charge is 0.362 e. The number of hydrogen-bond acceptors (Lipinski definition) is 1. The fourth-order valence-electron chi connectivity index (χ4n) is 1.87. The summed E-state index contributed by atoms with van der Waals surface area (Å²) in [6, 6.07) is 16.8. The highest BCUT2D eigenvalue weighted by molar-refractivity contribution is 7.80. The SMILES string of the molecule is Fc1ccccc1NC(=S)NCCCc1ccccc1. The monoisotopic (exact) mass is 288 g/mol. The average Bonchev–Trinajstić information content (AvgIpc) is 2.47. The Morgan fingerprint density at radius 2 is 1.70 bits per heavy atom. The Balaban J connectivity index is 1.69. The van der Waals surface area contributed by atoms with E-state index in [0.29, 0.717) is 10.8 Å². The van der Waals surface area contributed by atoms with E-state index in [-0.39, 0.29) is 5.82 Å². The lowest BCUT2D eigenvalue weighted by Crippen LogP contribution is -2.29. The molecule has 0 aromatic heterocycles. The van der Waals surface area contributed by atoms with E-state index in [0.717, 1.165) is 19.4 Å². The summed E-state index contributed by atoms with van der Waals surface area (Å²) in [6.07, 6.45) is 1.97. The van der Waals surface area contributed by atoms with Gasteiger partial charge in [-0.3, -0.25) is 0 Å². The summed E-state index contributed by atoms with van der Waals surface area (Å²) in [7, 11) is 0. The molecule has 2 nitrogen and oxygen atoms in total. The van der Waals surface area contributed by atoms with Crippen molar-refractivity contribution < 1.29 is 4.39 Å². The van der Waals surface area contributed by atoms with E-state index < -0.39 is 0 Å². The predicted octanol–water partition coefficient (Wildman–Crippen LogP) is 3.74. The van der Waals surface area contributed by atoms with Gasteiger partial charge in [-0.15, -0.1) is 0 Å². The number of rotatable bonds is 5. The zero-order valence-corrected chi connectivity index (χ0v) is 11.9. The molecule has 0 amide bonds. The van der Waals surface area contributed by atoms with Crippen LogP contribution in [-0.4, -0.2) is 11.7 Å². The van der Waals surface area contributed by atoms with E-state index in [1.807, 2.05) is 18.2 Å². The van der Waals surface area contributed by atoms with Crippen LogP contribution in [0.5, 0.6) is 0 Å². The highest BCUT2D eigenvalue weighted by Gasteiger charge is 2.02. The molecule has 0 radical (unpaired) electrons. The molecule has 0 aliphatic rings. The molecule has 2 aromatic rings. The van der Waals surface area contributed by atoms with E-state index >= 15 is 0 Å². The highest BCUT2D eigenvalue weighted by Crippen LogP contribution is 2.11. The number of halogens is 1. The number of para-hydroxylation sites is 1. The molecule has 20 heavy (non-hydrogen) atoms. The predicted molar refractivity (Wildman–Crippen MR) is 85.4 cm³/mol. The standard InChI is InChI=1S/C16H17FN2S/c17-14-10-4-5-11-15(14)19-16(20)18-12-6-9-13-7-2-1-3-8-13/h1-5,7-8,10-11H,6,9,12H2,(H2,18,19,20). The third-order valence-corrected chi connectivity index (χ3v) is 3.14. The molecular formula is C16H17FN2S. The van der Waals surface area contributed by atoms with Gasteiger partial charge in [0.2, 0.25) is 0 Å². The van der Waals surface area contributed by atoms with Gasteiger partial charge in [0.1, 0.15) is 5.82 Å². The van der Waals surface area contributed by atoms with E-state index in [9.17, 15) is 4.39 Å². The van der Waals surface area contributed by atoms with Gasteiger partial charge in [-0.05, 0) is 42.8 Å². The third kappa shape index (κ3) is 4.63. The van der Waals surface area contributed by atoms with Gasteiger partial charge in [-0.1, -0.05) is 42.5 Å². The molecule has 0 aliphatic carbocycles. The average molecular weight is 288 g/mol. The van der Waals surface area contributed by atoms with Crippen LogP contribution in [0.25, 0.3) is 0 Å². The van der Waals surface area contributed by atoms with Gasteiger partial charge in [-0.25, -0.2) is 4.39 Å². The first-order chi connectivity index (χ1) is 9.75. The van der Waals surface area contributed by atoms with Gasteiger partial charge >= 0.3 is 0 Å². The van der Waals surface area contributed by atoms with Crippen LogP contribution in [-0.2, 0) is 6.42 Å². The Bertz CT molecular complexity index is 557. The quantitative estimate of drug-likeness (QED) is 0.647. The van der Waals surface area contributed by atoms with Crippen LogP contribution >= 0.6 is 12.2 Å². The Kier molecular flexibility index (Phi) is 5.50. The molecule has 2 N–H and O–H groups in total. The molecule has 0 saturated heterocycles. The molecule has 0 saturated carbocycles. The topological polar surface area (TPSA) is 24.1 Å². The van der Waals surface area contributed by atoms with Crippen LogP contribution < -0.4 is 10.6 Å². The first-order valence-corrected chi connectivity index (χ1v) is 7.00. The van der Waals surface area contributed by atoms with Crippen LogP contribution in [0.2, 0.25) is 0 Å². The van der Waals surface area contributed by atoms with Gasteiger partial charge in [0.05, 0.1) is 5.69 Å². The minimum absolute atomic E-state index is 0.305. The van der Waals surface area contributed by atoms with Gasteiger partial charge in [-0.2, -0.15) is 0 Å². The minimum Gasteiger partial charge on any atom is -0.362 e. The lowest BCUT2D eigenvalue weighted by Gasteiger charge is -2.11. The van der Waals surface area contributed by atoms with E-state index in [1.54, 1.807) is 18.2 Å². The number of benzene rings is 2. The van der Waals surface area contributed by atoms with E-state index in [1.165, 1.54) is 11.6 Å². The maximum atomic E-state index is 13.4. The lowest BCUT2D eigenvalue weighted by atomic mass is 10.1. The molecule has 104 valence electrons. The number of hydrogen-bond donors (Lipinski definition) is 2. The van der Waals surface area contributed by atoms with Crippen molar-refractivity contribution in [1.29, 1.82) is 0 Å². The Morgan fingerprint density at radius 1 is 1.00 bits per heavy atom. The molecule has 2 aromatic carbocycles. The van der Waals surface area contributed by atoms with Gasteiger partial charge in [0.15, 0.2) is 5.11 Å². The van der Waals surface area contributed by atoms with Crippen molar-refractivity contribution in [1.82, 2.24) is 5.32 Å². The molecule has 0 heterocycles. The maximum Gasteiger partial charge on any atom is 0.170 e. The number of nitrogens with one attached hydrogen (secondary N) is 2. The molecule has 0 unspecified atom stereocenters. The highest BCUT2D eigenvalue weighted by atomic mass is 32.1. The first kappa shape index (κ1) is 14.5. The van der Waals surface area contributed by atoms with Crippen LogP contribution in [0.3, 0.4) is 0 Å². The molecule has 0 fully saturated rings. The smallest absolute Gasteiger partial charge is 0.170 e. The first-order valence-electron chi connectivity index (χ1n) is 6.59. The second-order valence-electron chi connectivity index (χ2n) is 4.45.